The molecule has 3 aliphatic rings. The van der Waals surface area contributed by atoms with Crippen molar-refractivity contribution in [2.75, 3.05) is 13.1 Å². The zero-order valence-electron chi connectivity index (χ0n) is 12.9. The van der Waals surface area contributed by atoms with E-state index in [4.69, 9.17) is 0 Å². The zero-order valence-corrected chi connectivity index (χ0v) is 12.9. The minimum Gasteiger partial charge on any atom is -0.310 e. The molecule has 1 saturated heterocycles. The molecule has 1 aliphatic heterocycles. The van der Waals surface area contributed by atoms with Crippen LogP contribution in [0.4, 0.5) is 0 Å². The normalized spacial score (nSPS) is 36.3. The van der Waals surface area contributed by atoms with Gasteiger partial charge in [-0.2, -0.15) is 0 Å². The van der Waals surface area contributed by atoms with Crippen LogP contribution in [0.25, 0.3) is 0 Å². The summed E-state index contributed by atoms with van der Waals surface area (Å²) >= 11 is 0. The van der Waals surface area contributed by atoms with Gasteiger partial charge in [-0.1, -0.05) is 26.2 Å². The maximum atomic E-state index is 3.99. The topological polar surface area (TPSA) is 15.3 Å². The van der Waals surface area contributed by atoms with Gasteiger partial charge in [-0.05, 0) is 50.9 Å². The van der Waals surface area contributed by atoms with Crippen LogP contribution in [0.2, 0.25) is 0 Å². The summed E-state index contributed by atoms with van der Waals surface area (Å²) in [6.07, 6.45) is 11.5. The van der Waals surface area contributed by atoms with Crippen molar-refractivity contribution in [3.63, 3.8) is 0 Å². The molecule has 0 bridgehead atoms. The van der Waals surface area contributed by atoms with Gasteiger partial charge in [-0.3, -0.25) is 4.90 Å². The van der Waals surface area contributed by atoms with Crippen LogP contribution in [-0.4, -0.2) is 36.1 Å². The van der Waals surface area contributed by atoms with Crippen LogP contribution in [0.15, 0.2) is 0 Å². The first kappa shape index (κ1) is 13.9. The van der Waals surface area contributed by atoms with Crippen LogP contribution in [0.5, 0.6) is 0 Å². The van der Waals surface area contributed by atoms with Gasteiger partial charge >= 0.3 is 0 Å². The Morgan fingerprint density at radius 3 is 2.37 bits per heavy atom. The van der Waals surface area contributed by atoms with Crippen LogP contribution < -0.4 is 5.32 Å². The van der Waals surface area contributed by atoms with Gasteiger partial charge in [0.15, 0.2) is 0 Å². The molecule has 2 saturated carbocycles. The molecule has 0 aromatic rings. The van der Waals surface area contributed by atoms with E-state index in [9.17, 15) is 0 Å². The molecule has 3 atom stereocenters. The lowest BCUT2D eigenvalue weighted by Gasteiger charge is -2.42. The molecule has 0 aromatic carbocycles. The molecule has 0 radical (unpaired) electrons. The number of likely N-dealkylation sites (tertiary alicyclic amines) is 1. The first-order valence-corrected chi connectivity index (χ1v) is 8.72. The van der Waals surface area contributed by atoms with Crippen molar-refractivity contribution in [2.45, 2.75) is 83.3 Å². The Balaban J connectivity index is 1.52. The average Bonchev–Trinajstić information content (AvgIpc) is 3.22. The minimum atomic E-state index is 0.757. The molecule has 0 aromatic heterocycles. The van der Waals surface area contributed by atoms with E-state index in [0.29, 0.717) is 0 Å². The van der Waals surface area contributed by atoms with Gasteiger partial charge in [0, 0.05) is 31.2 Å². The second kappa shape index (κ2) is 6.13. The van der Waals surface area contributed by atoms with Crippen molar-refractivity contribution < 1.29 is 0 Å². The number of nitrogens with zero attached hydrogens (tertiary/aromatic N) is 1. The molecule has 0 amide bonds. The molecule has 3 unspecified atom stereocenters. The predicted octanol–water partition coefficient (Wildman–Crippen LogP) is 3.42. The van der Waals surface area contributed by atoms with Crippen LogP contribution in [0, 0.1) is 11.8 Å². The Morgan fingerprint density at radius 2 is 1.68 bits per heavy atom. The van der Waals surface area contributed by atoms with E-state index < -0.39 is 0 Å². The standard InChI is InChI=1S/C17H32N2/c1-13-10-17(18-16-6-4-3-5-7-16)12-19(11-13)14(2)15-8-9-15/h13-18H,3-12H2,1-2H3. The van der Waals surface area contributed by atoms with Crippen LogP contribution in [0.1, 0.15) is 65.2 Å². The lowest BCUT2D eigenvalue weighted by molar-refractivity contribution is 0.0938. The van der Waals surface area contributed by atoms with E-state index in [1.54, 1.807) is 0 Å². The van der Waals surface area contributed by atoms with Gasteiger partial charge in [-0.15, -0.1) is 0 Å². The molecule has 1 heterocycles. The molecule has 3 fully saturated rings. The van der Waals surface area contributed by atoms with Gasteiger partial charge in [0.05, 0.1) is 0 Å². The second-order valence-corrected chi connectivity index (χ2v) is 7.57. The van der Waals surface area contributed by atoms with Crippen molar-refractivity contribution in [1.29, 1.82) is 0 Å². The lowest BCUT2D eigenvalue weighted by atomic mass is 9.90. The van der Waals surface area contributed by atoms with Gasteiger partial charge < -0.3 is 5.32 Å². The molecule has 1 N–H and O–H groups in total. The number of rotatable bonds is 4. The fourth-order valence-corrected chi connectivity index (χ4v) is 4.33. The van der Waals surface area contributed by atoms with Gasteiger partial charge in [0.25, 0.3) is 0 Å². The molecule has 2 nitrogen and oxygen atoms in total. The smallest absolute Gasteiger partial charge is 0.0200 e. The second-order valence-electron chi connectivity index (χ2n) is 7.57. The Labute approximate surface area is 119 Å². The highest BCUT2D eigenvalue weighted by atomic mass is 15.2. The summed E-state index contributed by atoms with van der Waals surface area (Å²) in [5, 5.41) is 3.99. The number of nitrogens with one attached hydrogen (secondary N) is 1. The molecule has 2 heteroatoms. The van der Waals surface area contributed by atoms with E-state index in [1.165, 1.54) is 64.5 Å². The maximum Gasteiger partial charge on any atom is 0.0200 e. The average molecular weight is 264 g/mol. The van der Waals surface area contributed by atoms with E-state index in [1.807, 2.05) is 0 Å². The van der Waals surface area contributed by atoms with Gasteiger partial charge in [0.1, 0.15) is 0 Å². The van der Waals surface area contributed by atoms with Crippen molar-refractivity contribution >= 4 is 0 Å². The predicted molar refractivity (Wildman–Crippen MR) is 81.3 cm³/mol. The summed E-state index contributed by atoms with van der Waals surface area (Å²) in [4.78, 5) is 2.78. The Hall–Kier alpha value is -0.0800. The fraction of sp³-hybridized carbons (Fsp3) is 1.00. The summed E-state index contributed by atoms with van der Waals surface area (Å²) in [5.74, 6) is 1.89. The van der Waals surface area contributed by atoms with Gasteiger partial charge in [0.2, 0.25) is 0 Å². The first-order valence-electron chi connectivity index (χ1n) is 8.72. The zero-order chi connectivity index (χ0) is 13.2. The van der Waals surface area contributed by atoms with Crippen molar-refractivity contribution in [1.82, 2.24) is 10.2 Å². The summed E-state index contributed by atoms with van der Waals surface area (Å²) in [5.41, 5.74) is 0. The molecule has 110 valence electrons. The minimum absolute atomic E-state index is 0.757. The quantitative estimate of drug-likeness (QED) is 0.837. The highest BCUT2D eigenvalue weighted by Gasteiger charge is 2.36. The van der Waals surface area contributed by atoms with E-state index in [2.05, 4.69) is 24.1 Å². The SMILES string of the molecule is CC1CC(NC2CCCCC2)CN(C(C)C2CC2)C1. The lowest BCUT2D eigenvalue weighted by Crippen LogP contribution is -2.54. The largest absolute Gasteiger partial charge is 0.310 e. The third kappa shape index (κ3) is 3.72. The number of piperidine rings is 1. The molecular weight excluding hydrogens is 232 g/mol. The monoisotopic (exact) mass is 264 g/mol. The Morgan fingerprint density at radius 1 is 0.947 bits per heavy atom. The molecule has 3 rings (SSSR count). The van der Waals surface area contributed by atoms with Gasteiger partial charge in [-0.25, -0.2) is 0 Å². The van der Waals surface area contributed by atoms with Crippen LogP contribution in [-0.2, 0) is 0 Å². The fourth-order valence-electron chi connectivity index (χ4n) is 4.33. The highest BCUT2D eigenvalue weighted by Crippen LogP contribution is 2.36. The summed E-state index contributed by atoms with van der Waals surface area (Å²) in [6, 6.07) is 2.41. The third-order valence-corrected chi connectivity index (χ3v) is 5.64. The van der Waals surface area contributed by atoms with Crippen LogP contribution in [0.3, 0.4) is 0 Å². The summed E-state index contributed by atoms with van der Waals surface area (Å²) in [6.45, 7) is 7.55. The first-order chi connectivity index (χ1) is 9.22. The number of hydrogen-bond acceptors (Lipinski definition) is 2. The molecule has 19 heavy (non-hydrogen) atoms. The molecule has 2 aliphatic carbocycles. The van der Waals surface area contributed by atoms with E-state index in [-0.39, 0.29) is 0 Å². The summed E-state index contributed by atoms with van der Waals surface area (Å²) < 4.78 is 0. The third-order valence-electron chi connectivity index (χ3n) is 5.64. The Bertz CT molecular complexity index is 281. The van der Waals surface area contributed by atoms with Crippen molar-refractivity contribution in [3.05, 3.63) is 0 Å². The molecule has 0 spiro atoms. The highest BCUT2D eigenvalue weighted by molar-refractivity contribution is 4.92. The van der Waals surface area contributed by atoms with Crippen LogP contribution >= 0.6 is 0 Å². The van der Waals surface area contributed by atoms with E-state index >= 15 is 0 Å². The van der Waals surface area contributed by atoms with E-state index in [0.717, 1.165) is 30.0 Å². The number of hydrogen-bond donors (Lipinski definition) is 1. The van der Waals surface area contributed by atoms with Crippen molar-refractivity contribution in [2.24, 2.45) is 11.8 Å². The Kier molecular flexibility index (Phi) is 4.48. The maximum absolute atomic E-state index is 3.99. The molecular formula is C17H32N2. The van der Waals surface area contributed by atoms with Crippen molar-refractivity contribution in [3.8, 4) is 0 Å². The summed E-state index contributed by atoms with van der Waals surface area (Å²) in [7, 11) is 0.